The molecule has 1 rings (SSSR count). The lowest BCUT2D eigenvalue weighted by Crippen LogP contribution is -2.03. The fourth-order valence-corrected chi connectivity index (χ4v) is 0.941. The van der Waals surface area contributed by atoms with Crippen molar-refractivity contribution in [1.82, 2.24) is 0 Å². The van der Waals surface area contributed by atoms with Gasteiger partial charge in [0.15, 0.2) is 0 Å². The van der Waals surface area contributed by atoms with Crippen molar-refractivity contribution in [1.29, 1.82) is 0 Å². The summed E-state index contributed by atoms with van der Waals surface area (Å²) in [5, 5.41) is 9.01. The molecule has 0 amide bonds. The van der Waals surface area contributed by atoms with Gasteiger partial charge in [-0.25, -0.2) is 0 Å². The molecule has 2 nitrogen and oxygen atoms in total. The van der Waals surface area contributed by atoms with Crippen LogP contribution in [0.15, 0.2) is 16.7 Å². The van der Waals surface area contributed by atoms with Gasteiger partial charge in [0, 0.05) is 6.42 Å². The van der Waals surface area contributed by atoms with E-state index in [9.17, 15) is 0 Å². The third-order valence-electron chi connectivity index (χ3n) is 1.48. The Hall–Kier alpha value is -0.760. The van der Waals surface area contributed by atoms with Gasteiger partial charge in [-0.15, -0.1) is 0 Å². The van der Waals surface area contributed by atoms with E-state index in [4.69, 9.17) is 9.52 Å². The van der Waals surface area contributed by atoms with Gasteiger partial charge in [-0.3, -0.25) is 0 Å². The Kier molecular flexibility index (Phi) is 2.12. The van der Waals surface area contributed by atoms with Crippen LogP contribution in [-0.2, 0) is 6.42 Å². The van der Waals surface area contributed by atoms with E-state index >= 15 is 0 Å². The van der Waals surface area contributed by atoms with E-state index in [2.05, 4.69) is 0 Å². The summed E-state index contributed by atoms with van der Waals surface area (Å²) in [5.41, 5.74) is 1.09. The maximum Gasteiger partial charge on any atom is 0.103 e. The van der Waals surface area contributed by atoms with Crippen molar-refractivity contribution >= 4 is 0 Å². The van der Waals surface area contributed by atoms with Crippen molar-refractivity contribution in [2.75, 3.05) is 0 Å². The summed E-state index contributed by atoms with van der Waals surface area (Å²) in [5.74, 6) is 0.904. The molecule has 1 heterocycles. The van der Waals surface area contributed by atoms with E-state index in [1.807, 2.05) is 13.0 Å². The molecule has 1 atom stereocenters. The van der Waals surface area contributed by atoms with E-state index in [1.165, 1.54) is 0 Å². The molecule has 0 aliphatic rings. The zero-order valence-corrected chi connectivity index (χ0v) is 6.29. The smallest absolute Gasteiger partial charge is 0.103 e. The average Bonchev–Trinajstić information content (AvgIpc) is 2.15. The first kappa shape index (κ1) is 7.35. The second kappa shape index (κ2) is 2.88. The first-order valence-electron chi connectivity index (χ1n) is 3.41. The highest BCUT2D eigenvalue weighted by Crippen LogP contribution is 2.10. The molecule has 0 saturated heterocycles. The number of furan rings is 1. The van der Waals surface area contributed by atoms with Gasteiger partial charge in [-0.2, -0.15) is 0 Å². The molecule has 2 heteroatoms. The van der Waals surface area contributed by atoms with Crippen LogP contribution in [-0.4, -0.2) is 11.2 Å². The summed E-state index contributed by atoms with van der Waals surface area (Å²) in [6.45, 7) is 3.67. The first-order chi connectivity index (χ1) is 4.70. The number of hydrogen-bond acceptors (Lipinski definition) is 2. The molecule has 56 valence electrons. The Morgan fingerprint density at radius 3 is 2.80 bits per heavy atom. The highest BCUT2D eigenvalue weighted by molar-refractivity contribution is 5.15. The average molecular weight is 140 g/mol. The Bertz CT molecular complexity index is 201. The minimum absolute atomic E-state index is 0.281. The predicted molar refractivity (Wildman–Crippen MR) is 38.8 cm³/mol. The number of rotatable bonds is 2. The largest absolute Gasteiger partial charge is 0.469 e. The molecule has 0 unspecified atom stereocenters. The van der Waals surface area contributed by atoms with E-state index < -0.39 is 0 Å². The molecular weight excluding hydrogens is 128 g/mol. The van der Waals surface area contributed by atoms with Gasteiger partial charge in [0.05, 0.1) is 12.4 Å². The van der Waals surface area contributed by atoms with Gasteiger partial charge in [0.25, 0.3) is 0 Å². The second-order valence-electron chi connectivity index (χ2n) is 2.56. The van der Waals surface area contributed by atoms with E-state index in [1.54, 1.807) is 13.2 Å². The lowest BCUT2D eigenvalue weighted by molar-refractivity contribution is 0.195. The van der Waals surface area contributed by atoms with Crippen LogP contribution >= 0.6 is 0 Å². The van der Waals surface area contributed by atoms with Crippen molar-refractivity contribution in [2.45, 2.75) is 26.4 Å². The zero-order chi connectivity index (χ0) is 7.56. The van der Waals surface area contributed by atoms with Crippen LogP contribution < -0.4 is 0 Å². The Morgan fingerprint density at radius 2 is 2.40 bits per heavy atom. The normalized spacial score (nSPS) is 13.5. The van der Waals surface area contributed by atoms with Crippen LogP contribution in [0.5, 0.6) is 0 Å². The van der Waals surface area contributed by atoms with E-state index in [0.29, 0.717) is 6.42 Å². The Balaban J connectivity index is 2.65. The molecular formula is C8H12O2. The molecule has 0 aliphatic heterocycles. The molecule has 10 heavy (non-hydrogen) atoms. The maximum absolute atomic E-state index is 9.01. The molecule has 0 saturated carbocycles. The van der Waals surface area contributed by atoms with Crippen LogP contribution in [0.1, 0.15) is 18.2 Å². The highest BCUT2D eigenvalue weighted by atomic mass is 16.3. The molecule has 0 spiro atoms. The summed E-state index contributed by atoms with van der Waals surface area (Å²) in [4.78, 5) is 0. The summed E-state index contributed by atoms with van der Waals surface area (Å²) < 4.78 is 5.05. The van der Waals surface area contributed by atoms with Crippen molar-refractivity contribution in [2.24, 2.45) is 0 Å². The SMILES string of the molecule is Cc1occc1C[C@H](C)O. The van der Waals surface area contributed by atoms with Crippen molar-refractivity contribution < 1.29 is 9.52 Å². The lowest BCUT2D eigenvalue weighted by atomic mass is 10.1. The molecule has 1 N–H and O–H groups in total. The fraction of sp³-hybridized carbons (Fsp3) is 0.500. The van der Waals surface area contributed by atoms with Crippen molar-refractivity contribution in [3.8, 4) is 0 Å². The number of aliphatic hydroxyl groups is 1. The second-order valence-corrected chi connectivity index (χ2v) is 2.56. The summed E-state index contributed by atoms with van der Waals surface area (Å²) in [6.07, 6.45) is 2.05. The molecule has 0 radical (unpaired) electrons. The summed E-state index contributed by atoms with van der Waals surface area (Å²) in [6, 6.07) is 1.89. The van der Waals surface area contributed by atoms with Crippen LogP contribution in [0.2, 0.25) is 0 Å². The number of hydrogen-bond donors (Lipinski definition) is 1. The zero-order valence-electron chi connectivity index (χ0n) is 6.29. The van der Waals surface area contributed by atoms with Crippen molar-refractivity contribution in [3.05, 3.63) is 23.7 Å². The summed E-state index contributed by atoms with van der Waals surface area (Å²) in [7, 11) is 0. The van der Waals surface area contributed by atoms with Gasteiger partial charge in [0.1, 0.15) is 5.76 Å². The van der Waals surface area contributed by atoms with Gasteiger partial charge in [-0.05, 0) is 25.5 Å². The third-order valence-corrected chi connectivity index (χ3v) is 1.48. The lowest BCUT2D eigenvalue weighted by Gasteiger charge is -2.00. The molecule has 0 bridgehead atoms. The highest BCUT2D eigenvalue weighted by Gasteiger charge is 2.03. The fourth-order valence-electron chi connectivity index (χ4n) is 0.941. The van der Waals surface area contributed by atoms with Crippen molar-refractivity contribution in [3.63, 3.8) is 0 Å². The van der Waals surface area contributed by atoms with Gasteiger partial charge in [-0.1, -0.05) is 0 Å². The number of aliphatic hydroxyl groups excluding tert-OH is 1. The van der Waals surface area contributed by atoms with E-state index in [0.717, 1.165) is 11.3 Å². The maximum atomic E-state index is 9.01. The first-order valence-corrected chi connectivity index (χ1v) is 3.41. The van der Waals surface area contributed by atoms with Crippen LogP contribution in [0.4, 0.5) is 0 Å². The minimum atomic E-state index is -0.281. The number of aryl methyl sites for hydroxylation is 1. The van der Waals surface area contributed by atoms with Gasteiger partial charge < -0.3 is 9.52 Å². The predicted octanol–water partition coefficient (Wildman–Crippen LogP) is 1.51. The summed E-state index contributed by atoms with van der Waals surface area (Å²) >= 11 is 0. The third kappa shape index (κ3) is 1.61. The quantitative estimate of drug-likeness (QED) is 0.675. The Labute approximate surface area is 60.5 Å². The Morgan fingerprint density at radius 1 is 1.70 bits per heavy atom. The van der Waals surface area contributed by atoms with Crippen LogP contribution in [0, 0.1) is 6.92 Å². The molecule has 0 fully saturated rings. The standard InChI is InChI=1S/C8H12O2/c1-6(9)5-8-3-4-10-7(8)2/h3-4,6,9H,5H2,1-2H3/t6-/m0/s1. The van der Waals surface area contributed by atoms with Crippen LogP contribution in [0.25, 0.3) is 0 Å². The van der Waals surface area contributed by atoms with Gasteiger partial charge >= 0.3 is 0 Å². The topological polar surface area (TPSA) is 33.4 Å². The molecule has 1 aromatic rings. The van der Waals surface area contributed by atoms with E-state index in [-0.39, 0.29) is 6.10 Å². The minimum Gasteiger partial charge on any atom is -0.469 e. The van der Waals surface area contributed by atoms with Gasteiger partial charge in [0.2, 0.25) is 0 Å². The molecule has 1 aromatic heterocycles. The molecule has 0 aliphatic carbocycles. The monoisotopic (exact) mass is 140 g/mol. The van der Waals surface area contributed by atoms with Crippen LogP contribution in [0.3, 0.4) is 0 Å². The molecule has 0 aromatic carbocycles.